The Balaban J connectivity index is 1.99. The average molecular weight is 253 g/mol. The zero-order valence-electron chi connectivity index (χ0n) is 10.8. The maximum atomic E-state index is 10.9. The lowest BCUT2D eigenvalue weighted by atomic mass is 10.2. The molecule has 1 fully saturated rings. The van der Waals surface area contributed by atoms with Crippen LogP contribution < -0.4 is 5.32 Å². The minimum Gasteiger partial charge on any atom is -0.361 e. The second kappa shape index (κ2) is 5.34. The van der Waals surface area contributed by atoms with Crippen LogP contribution in [0.4, 0.5) is 11.5 Å². The maximum absolute atomic E-state index is 10.9. The Morgan fingerprint density at radius 1 is 1.67 bits per heavy atom. The van der Waals surface area contributed by atoms with Crippen LogP contribution in [0.15, 0.2) is 6.20 Å². The molecule has 1 aliphatic heterocycles. The highest BCUT2D eigenvalue weighted by Crippen LogP contribution is 2.23. The fourth-order valence-electron chi connectivity index (χ4n) is 2.49. The van der Waals surface area contributed by atoms with Crippen molar-refractivity contribution in [1.29, 1.82) is 0 Å². The predicted molar refractivity (Wildman–Crippen MR) is 68.6 cm³/mol. The largest absolute Gasteiger partial charge is 0.361 e. The van der Waals surface area contributed by atoms with Gasteiger partial charge in [-0.05, 0) is 25.9 Å². The lowest BCUT2D eigenvalue weighted by Crippen LogP contribution is -2.34. The third kappa shape index (κ3) is 2.61. The van der Waals surface area contributed by atoms with Crippen molar-refractivity contribution in [1.82, 2.24) is 14.7 Å². The van der Waals surface area contributed by atoms with Crippen LogP contribution in [-0.2, 0) is 7.05 Å². The van der Waals surface area contributed by atoms with Crippen molar-refractivity contribution in [3.8, 4) is 0 Å². The first kappa shape index (κ1) is 12.8. The van der Waals surface area contributed by atoms with Gasteiger partial charge >= 0.3 is 5.69 Å². The summed E-state index contributed by atoms with van der Waals surface area (Å²) >= 11 is 0. The molecule has 7 heteroatoms. The summed E-state index contributed by atoms with van der Waals surface area (Å²) in [6.45, 7) is 5.00. The summed E-state index contributed by atoms with van der Waals surface area (Å²) in [4.78, 5) is 12.8. The van der Waals surface area contributed by atoms with Gasteiger partial charge in [0.15, 0.2) is 0 Å². The fourth-order valence-corrected chi connectivity index (χ4v) is 2.49. The van der Waals surface area contributed by atoms with E-state index in [-0.39, 0.29) is 5.69 Å². The molecule has 1 saturated heterocycles. The van der Waals surface area contributed by atoms with Gasteiger partial charge in [0.1, 0.15) is 6.20 Å². The summed E-state index contributed by atoms with van der Waals surface area (Å²) in [5.74, 6) is 0.366. The highest BCUT2D eigenvalue weighted by atomic mass is 16.6. The Hall–Kier alpha value is -1.63. The molecule has 0 radical (unpaired) electrons. The summed E-state index contributed by atoms with van der Waals surface area (Å²) in [6.07, 6.45) is 3.76. The van der Waals surface area contributed by atoms with Gasteiger partial charge in [0.2, 0.25) is 5.82 Å². The maximum Gasteiger partial charge on any atom is 0.330 e. The predicted octanol–water partition coefficient (Wildman–Crippen LogP) is 1.22. The summed E-state index contributed by atoms with van der Waals surface area (Å²) in [5.41, 5.74) is 0.0403. The van der Waals surface area contributed by atoms with Crippen LogP contribution in [0.25, 0.3) is 0 Å². The van der Waals surface area contributed by atoms with Crippen LogP contribution in [-0.4, -0.2) is 45.3 Å². The lowest BCUT2D eigenvalue weighted by molar-refractivity contribution is -0.384. The Morgan fingerprint density at radius 2 is 2.44 bits per heavy atom. The first-order valence-electron chi connectivity index (χ1n) is 6.27. The zero-order valence-corrected chi connectivity index (χ0v) is 10.8. The molecule has 18 heavy (non-hydrogen) atoms. The van der Waals surface area contributed by atoms with Crippen molar-refractivity contribution in [3.05, 3.63) is 16.3 Å². The minimum atomic E-state index is -0.401. The molecule has 0 bridgehead atoms. The van der Waals surface area contributed by atoms with E-state index in [1.54, 1.807) is 7.05 Å². The molecule has 1 aromatic heterocycles. The molecule has 0 aromatic carbocycles. The van der Waals surface area contributed by atoms with E-state index in [2.05, 4.69) is 22.2 Å². The number of anilines is 1. The van der Waals surface area contributed by atoms with Crippen molar-refractivity contribution >= 4 is 11.5 Å². The summed E-state index contributed by atoms with van der Waals surface area (Å²) in [6, 6.07) is 0.455. The Kier molecular flexibility index (Phi) is 3.81. The number of nitro groups is 1. The van der Waals surface area contributed by atoms with Gasteiger partial charge in [0.25, 0.3) is 0 Å². The van der Waals surface area contributed by atoms with E-state index >= 15 is 0 Å². The van der Waals surface area contributed by atoms with E-state index < -0.39 is 4.92 Å². The molecule has 7 nitrogen and oxygen atoms in total. The van der Waals surface area contributed by atoms with Crippen LogP contribution in [0.1, 0.15) is 19.8 Å². The van der Waals surface area contributed by atoms with Gasteiger partial charge in [-0.15, -0.1) is 5.10 Å². The van der Waals surface area contributed by atoms with Crippen LogP contribution in [0.3, 0.4) is 0 Å². The number of likely N-dealkylation sites (tertiary alicyclic amines) is 1. The van der Waals surface area contributed by atoms with Gasteiger partial charge in [0.05, 0.1) is 4.92 Å². The highest BCUT2D eigenvalue weighted by Gasteiger charge is 2.24. The number of nitrogens with one attached hydrogen (secondary N) is 1. The molecule has 0 spiro atoms. The summed E-state index contributed by atoms with van der Waals surface area (Å²) < 4.78 is 1.46. The van der Waals surface area contributed by atoms with Crippen molar-refractivity contribution < 1.29 is 4.92 Å². The number of rotatable bonds is 5. The van der Waals surface area contributed by atoms with Crippen molar-refractivity contribution in [2.24, 2.45) is 7.05 Å². The van der Waals surface area contributed by atoms with E-state index in [9.17, 15) is 10.1 Å². The molecule has 0 saturated carbocycles. The molecule has 1 aliphatic rings. The molecule has 0 aliphatic carbocycles. The second-order valence-electron chi connectivity index (χ2n) is 4.60. The first-order chi connectivity index (χ1) is 8.61. The lowest BCUT2D eigenvalue weighted by Gasteiger charge is -2.22. The number of hydrogen-bond donors (Lipinski definition) is 1. The molecule has 1 unspecified atom stereocenters. The van der Waals surface area contributed by atoms with Gasteiger partial charge in [-0.1, -0.05) is 6.92 Å². The summed E-state index contributed by atoms with van der Waals surface area (Å²) in [5, 5.41) is 18.0. The number of hydrogen-bond acceptors (Lipinski definition) is 5. The Labute approximate surface area is 106 Å². The minimum absolute atomic E-state index is 0.0403. The van der Waals surface area contributed by atoms with Gasteiger partial charge < -0.3 is 5.32 Å². The van der Waals surface area contributed by atoms with Crippen LogP contribution >= 0.6 is 0 Å². The van der Waals surface area contributed by atoms with Crippen molar-refractivity contribution in [2.75, 3.05) is 25.0 Å². The first-order valence-corrected chi connectivity index (χ1v) is 6.27. The number of likely N-dealkylation sites (N-methyl/N-ethyl adjacent to an activating group) is 1. The Morgan fingerprint density at radius 3 is 3.11 bits per heavy atom. The average Bonchev–Trinajstić information content (AvgIpc) is 2.91. The Bertz CT molecular complexity index is 431. The molecule has 1 atom stereocenters. The van der Waals surface area contributed by atoms with Gasteiger partial charge in [-0.2, -0.15) is 0 Å². The topological polar surface area (TPSA) is 76.2 Å². The van der Waals surface area contributed by atoms with E-state index in [4.69, 9.17) is 0 Å². The van der Waals surface area contributed by atoms with Gasteiger partial charge in [-0.3, -0.25) is 19.7 Å². The SMILES string of the molecule is CCN1CCCC1CNc1nn(C)cc1[N+](=O)[O-]. The molecular formula is C11H19N5O2. The van der Waals surface area contributed by atoms with Crippen LogP contribution in [0, 0.1) is 10.1 Å². The van der Waals surface area contributed by atoms with Crippen LogP contribution in [0.2, 0.25) is 0 Å². The quantitative estimate of drug-likeness (QED) is 0.630. The standard InChI is InChI=1S/C11H19N5O2/c1-3-15-6-4-5-9(15)7-12-11-10(16(17)18)8-14(2)13-11/h8-9H,3-7H2,1-2H3,(H,12,13). The fraction of sp³-hybridized carbons (Fsp3) is 0.727. The van der Waals surface area contributed by atoms with Gasteiger partial charge in [0, 0.05) is 19.6 Å². The molecule has 2 heterocycles. The molecular weight excluding hydrogens is 234 g/mol. The highest BCUT2D eigenvalue weighted by molar-refractivity contribution is 5.54. The third-order valence-electron chi connectivity index (χ3n) is 3.42. The van der Waals surface area contributed by atoms with E-state index in [0.717, 1.165) is 19.5 Å². The molecule has 1 aromatic rings. The van der Waals surface area contributed by atoms with Crippen molar-refractivity contribution in [3.63, 3.8) is 0 Å². The zero-order chi connectivity index (χ0) is 13.1. The normalized spacial score (nSPS) is 20.2. The molecule has 100 valence electrons. The van der Waals surface area contributed by atoms with Crippen LogP contribution in [0.5, 0.6) is 0 Å². The third-order valence-corrected chi connectivity index (χ3v) is 3.42. The second-order valence-corrected chi connectivity index (χ2v) is 4.60. The van der Waals surface area contributed by atoms with E-state index in [0.29, 0.717) is 18.4 Å². The van der Waals surface area contributed by atoms with Gasteiger partial charge in [-0.25, -0.2) is 0 Å². The molecule has 2 rings (SSSR count). The van der Waals surface area contributed by atoms with E-state index in [1.807, 2.05) is 0 Å². The smallest absolute Gasteiger partial charge is 0.330 e. The molecule has 1 N–H and O–H groups in total. The monoisotopic (exact) mass is 253 g/mol. The van der Waals surface area contributed by atoms with Crippen molar-refractivity contribution in [2.45, 2.75) is 25.8 Å². The number of aryl methyl sites for hydroxylation is 1. The van der Waals surface area contributed by atoms with E-state index in [1.165, 1.54) is 17.3 Å². The number of aromatic nitrogens is 2. The number of nitrogens with zero attached hydrogens (tertiary/aromatic N) is 4. The molecule has 0 amide bonds. The summed E-state index contributed by atoms with van der Waals surface area (Å²) in [7, 11) is 1.69.